The molecule has 0 saturated carbocycles. The van der Waals surface area contributed by atoms with Gasteiger partial charge < -0.3 is 5.11 Å². The lowest BCUT2D eigenvalue weighted by molar-refractivity contribution is 0.184. The molecule has 1 nitrogen and oxygen atoms in total. The molecule has 68 valence electrons. The molecule has 0 saturated heterocycles. The number of aliphatic hydroxyl groups excluding tert-OH is 1. The van der Waals surface area contributed by atoms with E-state index in [0.717, 1.165) is 12.8 Å². The molecular formula is C8H19ClOSi. The third-order valence-corrected chi connectivity index (χ3v) is 3.67. The molecule has 11 heavy (non-hydrogen) atoms. The van der Waals surface area contributed by atoms with Gasteiger partial charge >= 0.3 is 0 Å². The minimum Gasteiger partial charge on any atom is -0.392 e. The molecule has 0 aromatic carbocycles. The van der Waals surface area contributed by atoms with E-state index in [4.69, 9.17) is 16.7 Å². The highest BCUT2D eigenvalue weighted by Gasteiger charge is 2.01. The van der Waals surface area contributed by atoms with Crippen LogP contribution < -0.4 is 0 Å². The van der Waals surface area contributed by atoms with Crippen LogP contribution in [0.5, 0.6) is 0 Å². The predicted molar refractivity (Wildman–Crippen MR) is 54.3 cm³/mol. The first-order valence-electron chi connectivity index (χ1n) is 4.40. The maximum absolute atomic E-state index is 9.10. The van der Waals surface area contributed by atoms with E-state index in [0.29, 0.717) is 5.88 Å². The molecule has 0 rings (SSSR count). The van der Waals surface area contributed by atoms with Crippen LogP contribution in [0, 0.1) is 0 Å². The lowest BCUT2D eigenvalue weighted by atomic mass is 10.2. The van der Waals surface area contributed by atoms with Crippen molar-refractivity contribution in [2.24, 2.45) is 0 Å². The Labute approximate surface area is 76.4 Å². The summed E-state index contributed by atoms with van der Waals surface area (Å²) >= 11 is 5.45. The van der Waals surface area contributed by atoms with Crippen molar-refractivity contribution in [2.75, 3.05) is 5.88 Å². The van der Waals surface area contributed by atoms with Gasteiger partial charge in [-0.2, -0.15) is 0 Å². The maximum Gasteiger partial charge on any atom is 0.0675 e. The fraction of sp³-hybridized carbons (Fsp3) is 1.00. The van der Waals surface area contributed by atoms with Crippen LogP contribution in [0.25, 0.3) is 0 Å². The number of rotatable bonds is 6. The van der Waals surface area contributed by atoms with E-state index in [1.54, 1.807) is 0 Å². The van der Waals surface area contributed by atoms with Gasteiger partial charge in [0.15, 0.2) is 0 Å². The Bertz CT molecular complexity index is 88.2. The van der Waals surface area contributed by atoms with Gasteiger partial charge in [-0.3, -0.25) is 0 Å². The van der Waals surface area contributed by atoms with E-state index in [2.05, 4.69) is 13.1 Å². The first-order chi connectivity index (χ1) is 5.16. The van der Waals surface area contributed by atoms with E-state index in [1.165, 1.54) is 12.5 Å². The van der Waals surface area contributed by atoms with E-state index in [1.807, 2.05) is 0 Å². The summed E-state index contributed by atoms with van der Waals surface area (Å²) in [5.41, 5.74) is 0. The molecule has 0 aromatic heterocycles. The molecule has 0 spiro atoms. The van der Waals surface area contributed by atoms with Crippen molar-refractivity contribution >= 4 is 20.4 Å². The zero-order valence-electron chi connectivity index (χ0n) is 7.52. The SMILES string of the molecule is C[SiH](C)CCCCC(O)CCl. The molecular weight excluding hydrogens is 176 g/mol. The molecule has 0 radical (unpaired) electrons. The standard InChI is InChI=1S/C8H19ClOSi/c1-11(2)6-4-3-5-8(10)7-9/h8,10-11H,3-7H2,1-2H3. The summed E-state index contributed by atoms with van der Waals surface area (Å²) in [6.07, 6.45) is 3.02. The van der Waals surface area contributed by atoms with Gasteiger partial charge in [0.1, 0.15) is 0 Å². The topological polar surface area (TPSA) is 20.2 Å². The number of hydrogen-bond acceptors (Lipinski definition) is 1. The second kappa shape index (κ2) is 7.13. The molecule has 0 aliphatic rings. The minimum absolute atomic E-state index is 0.273. The third kappa shape index (κ3) is 8.37. The van der Waals surface area contributed by atoms with Crippen LogP contribution in [0.4, 0.5) is 0 Å². The summed E-state index contributed by atoms with van der Waals surface area (Å²) in [7, 11) is -0.357. The van der Waals surface area contributed by atoms with Crippen molar-refractivity contribution < 1.29 is 5.11 Å². The van der Waals surface area contributed by atoms with Gasteiger partial charge in [-0.1, -0.05) is 32.0 Å². The third-order valence-electron chi connectivity index (χ3n) is 1.75. The average molecular weight is 195 g/mol. The Hall–Kier alpha value is 0.467. The molecule has 1 atom stereocenters. The van der Waals surface area contributed by atoms with Crippen LogP contribution in [0.1, 0.15) is 19.3 Å². The molecule has 0 aliphatic carbocycles. The molecule has 0 fully saturated rings. The van der Waals surface area contributed by atoms with Crippen LogP contribution in [0.15, 0.2) is 0 Å². The highest BCUT2D eigenvalue weighted by Crippen LogP contribution is 2.07. The van der Waals surface area contributed by atoms with E-state index in [-0.39, 0.29) is 14.9 Å². The Morgan fingerprint density at radius 1 is 1.36 bits per heavy atom. The zero-order chi connectivity index (χ0) is 8.69. The number of hydrogen-bond donors (Lipinski definition) is 1. The van der Waals surface area contributed by atoms with Crippen LogP contribution in [0.2, 0.25) is 19.1 Å². The monoisotopic (exact) mass is 194 g/mol. The van der Waals surface area contributed by atoms with Crippen LogP contribution in [-0.2, 0) is 0 Å². The van der Waals surface area contributed by atoms with Gasteiger partial charge in [-0.05, 0) is 6.42 Å². The summed E-state index contributed by atoms with van der Waals surface area (Å²) in [5, 5.41) is 9.10. The van der Waals surface area contributed by atoms with Crippen molar-refractivity contribution in [3.8, 4) is 0 Å². The number of halogens is 1. The quantitative estimate of drug-likeness (QED) is 0.391. The van der Waals surface area contributed by atoms with Gasteiger partial charge in [-0.25, -0.2) is 0 Å². The van der Waals surface area contributed by atoms with Gasteiger partial charge in [0.05, 0.1) is 6.10 Å². The van der Waals surface area contributed by atoms with Crippen LogP contribution in [-0.4, -0.2) is 25.9 Å². The van der Waals surface area contributed by atoms with Crippen molar-refractivity contribution in [1.82, 2.24) is 0 Å². The Kier molecular flexibility index (Phi) is 7.44. The summed E-state index contributed by atoms with van der Waals surface area (Å²) in [6, 6.07) is 1.40. The number of alkyl halides is 1. The maximum atomic E-state index is 9.10. The summed E-state index contributed by atoms with van der Waals surface area (Å²) < 4.78 is 0. The Morgan fingerprint density at radius 2 is 2.00 bits per heavy atom. The second-order valence-corrected chi connectivity index (χ2v) is 7.16. The van der Waals surface area contributed by atoms with E-state index >= 15 is 0 Å². The predicted octanol–water partition coefficient (Wildman–Crippen LogP) is 2.24. The number of unbranched alkanes of at least 4 members (excludes halogenated alkanes) is 1. The van der Waals surface area contributed by atoms with Crippen LogP contribution in [0.3, 0.4) is 0 Å². The molecule has 0 amide bonds. The van der Waals surface area contributed by atoms with Gasteiger partial charge in [0.2, 0.25) is 0 Å². The molecule has 0 heterocycles. The fourth-order valence-corrected chi connectivity index (χ4v) is 2.27. The lowest BCUT2D eigenvalue weighted by Crippen LogP contribution is -2.08. The Balaban J connectivity index is 3.01. The van der Waals surface area contributed by atoms with Crippen molar-refractivity contribution in [1.29, 1.82) is 0 Å². The molecule has 3 heteroatoms. The van der Waals surface area contributed by atoms with E-state index in [9.17, 15) is 0 Å². The van der Waals surface area contributed by atoms with Crippen LogP contribution >= 0.6 is 11.6 Å². The fourth-order valence-electron chi connectivity index (χ4n) is 1.01. The molecule has 1 unspecified atom stereocenters. The highest BCUT2D eigenvalue weighted by atomic mass is 35.5. The molecule has 1 N–H and O–H groups in total. The van der Waals surface area contributed by atoms with Crippen molar-refractivity contribution in [3.63, 3.8) is 0 Å². The van der Waals surface area contributed by atoms with Gasteiger partial charge in [0, 0.05) is 14.7 Å². The zero-order valence-corrected chi connectivity index (χ0v) is 9.43. The lowest BCUT2D eigenvalue weighted by Gasteiger charge is -2.06. The summed E-state index contributed by atoms with van der Waals surface area (Å²) in [6.45, 7) is 4.72. The molecule has 0 aliphatic heterocycles. The van der Waals surface area contributed by atoms with Gasteiger partial charge in [-0.15, -0.1) is 11.6 Å². The summed E-state index contributed by atoms with van der Waals surface area (Å²) in [4.78, 5) is 0. The van der Waals surface area contributed by atoms with Crippen molar-refractivity contribution in [3.05, 3.63) is 0 Å². The van der Waals surface area contributed by atoms with Gasteiger partial charge in [0.25, 0.3) is 0 Å². The molecule has 0 aromatic rings. The summed E-state index contributed by atoms with van der Waals surface area (Å²) in [5.74, 6) is 0.388. The first-order valence-corrected chi connectivity index (χ1v) is 8.07. The first kappa shape index (κ1) is 11.5. The van der Waals surface area contributed by atoms with Crippen molar-refractivity contribution in [2.45, 2.75) is 44.5 Å². The largest absolute Gasteiger partial charge is 0.392 e. The normalized spacial score (nSPS) is 13.9. The minimum atomic E-state index is -0.357. The molecule has 0 bridgehead atoms. The Morgan fingerprint density at radius 3 is 2.45 bits per heavy atom. The van der Waals surface area contributed by atoms with E-state index < -0.39 is 0 Å². The highest BCUT2D eigenvalue weighted by molar-refractivity contribution is 6.55. The number of aliphatic hydroxyl groups is 1. The second-order valence-electron chi connectivity index (χ2n) is 3.49. The average Bonchev–Trinajstić information content (AvgIpc) is 1.97. The smallest absolute Gasteiger partial charge is 0.0675 e.